The lowest BCUT2D eigenvalue weighted by molar-refractivity contribution is -0.384. The van der Waals surface area contributed by atoms with Crippen LogP contribution in [0, 0.1) is 10.1 Å². The Bertz CT molecular complexity index is 909. The average molecular weight is 333 g/mol. The highest BCUT2D eigenvalue weighted by atomic mass is 16.6. The van der Waals surface area contributed by atoms with Crippen molar-refractivity contribution < 1.29 is 9.72 Å². The normalized spacial score (nSPS) is 10.3. The Morgan fingerprint density at radius 1 is 1.00 bits per heavy atom. The number of benzene rings is 2. The monoisotopic (exact) mass is 333 g/mol. The molecule has 0 spiro atoms. The van der Waals surface area contributed by atoms with Gasteiger partial charge in [-0.05, 0) is 23.8 Å². The first-order chi connectivity index (χ1) is 12.1. The molecule has 0 aliphatic rings. The quantitative estimate of drug-likeness (QED) is 0.535. The molecule has 0 bridgehead atoms. The van der Waals surface area contributed by atoms with E-state index in [0.717, 1.165) is 11.1 Å². The van der Waals surface area contributed by atoms with Gasteiger partial charge in [-0.2, -0.15) is 0 Å². The molecule has 2 aromatic carbocycles. The summed E-state index contributed by atoms with van der Waals surface area (Å²) in [6.07, 6.45) is 3.22. The molecule has 1 heterocycles. The molecular weight excluding hydrogens is 318 g/mol. The zero-order valence-electron chi connectivity index (χ0n) is 13.5. The van der Waals surface area contributed by atoms with Crippen molar-refractivity contribution in [1.29, 1.82) is 0 Å². The number of nitro groups is 1. The lowest BCUT2D eigenvalue weighted by Gasteiger charge is -2.17. The van der Waals surface area contributed by atoms with E-state index in [0.29, 0.717) is 11.3 Å². The molecule has 0 unspecified atom stereocenters. The van der Waals surface area contributed by atoms with E-state index in [9.17, 15) is 14.9 Å². The number of amides is 1. The van der Waals surface area contributed by atoms with E-state index in [1.165, 1.54) is 23.2 Å². The molecule has 1 aromatic heterocycles. The standard InChI is InChI=1S/C19H15N3O3/c1-21(17-7-9-18(10-8-17)22(24)25)19(23)16-11-15(12-20-13-16)14-5-3-2-4-6-14/h2-13H,1H3. The van der Waals surface area contributed by atoms with Crippen molar-refractivity contribution >= 4 is 17.3 Å². The third kappa shape index (κ3) is 3.53. The minimum absolute atomic E-state index is 0.0164. The van der Waals surface area contributed by atoms with Crippen molar-refractivity contribution in [3.8, 4) is 11.1 Å². The van der Waals surface area contributed by atoms with Gasteiger partial charge in [-0.15, -0.1) is 0 Å². The minimum Gasteiger partial charge on any atom is -0.311 e. The van der Waals surface area contributed by atoms with Gasteiger partial charge in [0.25, 0.3) is 11.6 Å². The number of hydrogen-bond acceptors (Lipinski definition) is 4. The highest BCUT2D eigenvalue weighted by Gasteiger charge is 2.16. The zero-order valence-corrected chi connectivity index (χ0v) is 13.5. The lowest BCUT2D eigenvalue weighted by Crippen LogP contribution is -2.26. The van der Waals surface area contributed by atoms with E-state index in [1.807, 2.05) is 30.3 Å². The molecule has 6 heteroatoms. The smallest absolute Gasteiger partial charge is 0.269 e. The molecule has 1 amide bonds. The van der Waals surface area contributed by atoms with Crippen molar-refractivity contribution in [2.24, 2.45) is 0 Å². The van der Waals surface area contributed by atoms with Crippen LogP contribution in [0.4, 0.5) is 11.4 Å². The molecule has 0 saturated heterocycles. The van der Waals surface area contributed by atoms with Gasteiger partial charge in [0.1, 0.15) is 0 Å². The van der Waals surface area contributed by atoms with Crippen LogP contribution in [-0.4, -0.2) is 22.9 Å². The Morgan fingerprint density at radius 2 is 1.68 bits per heavy atom. The maximum absolute atomic E-state index is 12.7. The lowest BCUT2D eigenvalue weighted by atomic mass is 10.1. The second-order valence-corrected chi connectivity index (χ2v) is 5.47. The number of hydrogen-bond donors (Lipinski definition) is 0. The number of carbonyl (C=O) groups is 1. The van der Waals surface area contributed by atoms with Gasteiger partial charge in [-0.1, -0.05) is 30.3 Å². The van der Waals surface area contributed by atoms with E-state index in [4.69, 9.17) is 0 Å². The number of pyridine rings is 1. The largest absolute Gasteiger partial charge is 0.311 e. The summed E-state index contributed by atoms with van der Waals surface area (Å²) in [5.41, 5.74) is 2.83. The van der Waals surface area contributed by atoms with E-state index in [-0.39, 0.29) is 11.6 Å². The van der Waals surface area contributed by atoms with Crippen LogP contribution in [0.2, 0.25) is 0 Å². The number of rotatable bonds is 4. The Hall–Kier alpha value is -3.54. The molecule has 124 valence electrons. The van der Waals surface area contributed by atoms with E-state index in [2.05, 4.69) is 4.98 Å². The highest BCUT2D eigenvalue weighted by molar-refractivity contribution is 6.06. The molecule has 3 aromatic rings. The zero-order chi connectivity index (χ0) is 17.8. The van der Waals surface area contributed by atoms with Crippen LogP contribution in [0.3, 0.4) is 0 Å². The van der Waals surface area contributed by atoms with E-state index >= 15 is 0 Å². The number of non-ortho nitro benzene ring substituents is 1. The molecule has 0 saturated carbocycles. The number of anilines is 1. The van der Waals surface area contributed by atoms with Gasteiger partial charge in [0, 0.05) is 42.8 Å². The van der Waals surface area contributed by atoms with Gasteiger partial charge < -0.3 is 4.90 Å². The summed E-state index contributed by atoms with van der Waals surface area (Å²) in [5, 5.41) is 10.7. The van der Waals surface area contributed by atoms with Crippen LogP contribution < -0.4 is 4.90 Å². The Balaban J connectivity index is 1.86. The van der Waals surface area contributed by atoms with Gasteiger partial charge in [-0.25, -0.2) is 0 Å². The summed E-state index contributed by atoms with van der Waals surface area (Å²) in [5.74, 6) is -0.237. The predicted octanol–water partition coefficient (Wildman–Crippen LogP) is 3.93. The van der Waals surface area contributed by atoms with E-state index < -0.39 is 4.92 Å². The summed E-state index contributed by atoms with van der Waals surface area (Å²) in [4.78, 5) is 28.6. The van der Waals surface area contributed by atoms with Crippen LogP contribution in [-0.2, 0) is 0 Å². The Kier molecular flexibility index (Phi) is 4.52. The predicted molar refractivity (Wildman–Crippen MR) is 95.5 cm³/mol. The average Bonchev–Trinajstić information content (AvgIpc) is 2.67. The van der Waals surface area contributed by atoms with Crippen molar-refractivity contribution in [2.75, 3.05) is 11.9 Å². The second-order valence-electron chi connectivity index (χ2n) is 5.47. The van der Waals surface area contributed by atoms with Gasteiger partial charge in [0.2, 0.25) is 0 Å². The summed E-state index contributed by atoms with van der Waals surface area (Å²) >= 11 is 0. The molecule has 0 fully saturated rings. The molecule has 6 nitrogen and oxygen atoms in total. The maximum atomic E-state index is 12.7. The molecule has 0 N–H and O–H groups in total. The first-order valence-corrected chi connectivity index (χ1v) is 7.59. The van der Waals surface area contributed by atoms with Gasteiger partial charge >= 0.3 is 0 Å². The summed E-state index contributed by atoms with van der Waals surface area (Å²) in [7, 11) is 1.62. The highest BCUT2D eigenvalue weighted by Crippen LogP contribution is 2.22. The molecule has 0 atom stereocenters. The fraction of sp³-hybridized carbons (Fsp3) is 0.0526. The molecule has 3 rings (SSSR count). The third-order valence-electron chi connectivity index (χ3n) is 3.84. The first-order valence-electron chi connectivity index (χ1n) is 7.59. The van der Waals surface area contributed by atoms with Crippen LogP contribution in [0.15, 0.2) is 73.1 Å². The summed E-state index contributed by atoms with van der Waals surface area (Å²) in [6, 6.07) is 17.3. The van der Waals surface area contributed by atoms with E-state index in [1.54, 1.807) is 31.4 Å². The van der Waals surface area contributed by atoms with Gasteiger partial charge in [0.05, 0.1) is 10.5 Å². The number of aromatic nitrogens is 1. The van der Waals surface area contributed by atoms with Gasteiger partial charge in [0.15, 0.2) is 0 Å². The first kappa shape index (κ1) is 16.3. The van der Waals surface area contributed by atoms with Crippen LogP contribution in [0.5, 0.6) is 0 Å². The number of nitrogens with zero attached hydrogens (tertiary/aromatic N) is 3. The molecule has 0 aliphatic heterocycles. The summed E-state index contributed by atoms with van der Waals surface area (Å²) < 4.78 is 0. The van der Waals surface area contributed by atoms with Crippen molar-refractivity contribution in [1.82, 2.24) is 4.98 Å². The SMILES string of the molecule is CN(C(=O)c1cncc(-c2ccccc2)c1)c1ccc([N+](=O)[O-])cc1. The maximum Gasteiger partial charge on any atom is 0.269 e. The number of carbonyl (C=O) groups excluding carboxylic acids is 1. The molecule has 0 radical (unpaired) electrons. The van der Waals surface area contributed by atoms with Crippen molar-refractivity contribution in [3.63, 3.8) is 0 Å². The fourth-order valence-corrected chi connectivity index (χ4v) is 2.45. The Morgan fingerprint density at radius 3 is 2.32 bits per heavy atom. The van der Waals surface area contributed by atoms with Crippen LogP contribution in [0.25, 0.3) is 11.1 Å². The fourth-order valence-electron chi connectivity index (χ4n) is 2.45. The van der Waals surface area contributed by atoms with Crippen molar-refractivity contribution in [2.45, 2.75) is 0 Å². The Labute approximate surface area is 144 Å². The number of nitro benzene ring substituents is 1. The minimum atomic E-state index is -0.473. The topological polar surface area (TPSA) is 76.3 Å². The third-order valence-corrected chi connectivity index (χ3v) is 3.84. The van der Waals surface area contributed by atoms with Crippen LogP contribution >= 0.6 is 0 Å². The molecule has 0 aliphatic carbocycles. The van der Waals surface area contributed by atoms with Crippen LogP contribution in [0.1, 0.15) is 10.4 Å². The summed E-state index contributed by atoms with van der Waals surface area (Å²) in [6.45, 7) is 0. The second kappa shape index (κ2) is 6.92. The van der Waals surface area contributed by atoms with Gasteiger partial charge in [-0.3, -0.25) is 19.9 Å². The molecular formula is C19H15N3O3. The molecule has 25 heavy (non-hydrogen) atoms. The van der Waals surface area contributed by atoms with Crippen molar-refractivity contribution in [3.05, 3.63) is 88.7 Å².